The molecule has 3 amide bonds. The van der Waals surface area contributed by atoms with Gasteiger partial charge in [-0.15, -0.1) is 0 Å². The number of nitrogens with zero attached hydrogens (tertiary/aromatic N) is 1. The van der Waals surface area contributed by atoms with E-state index < -0.39 is 0 Å². The third-order valence-corrected chi connectivity index (χ3v) is 3.40. The van der Waals surface area contributed by atoms with Crippen LogP contribution in [0.25, 0.3) is 0 Å². The summed E-state index contributed by atoms with van der Waals surface area (Å²) in [5, 5.41) is 8.80. The Kier molecular flexibility index (Phi) is 7.04. The molecule has 2 aromatic rings. The maximum atomic E-state index is 11.8. The summed E-state index contributed by atoms with van der Waals surface area (Å²) in [4.78, 5) is 27.5. The van der Waals surface area contributed by atoms with E-state index in [9.17, 15) is 9.59 Å². The molecule has 0 aliphatic heterocycles. The molecule has 0 saturated heterocycles. The summed E-state index contributed by atoms with van der Waals surface area (Å²) < 4.78 is 0. The molecule has 7 heteroatoms. The van der Waals surface area contributed by atoms with E-state index in [0.717, 1.165) is 5.69 Å². The Morgan fingerprint density at radius 2 is 1.83 bits per heavy atom. The van der Waals surface area contributed by atoms with E-state index in [2.05, 4.69) is 20.9 Å². The molecular weight excluding hydrogens is 328 g/mol. The number of carbonyl (C=O) groups excluding carboxylic acids is 2. The average Bonchev–Trinajstić information content (AvgIpc) is 2.60. The lowest BCUT2D eigenvalue weighted by Crippen LogP contribution is -2.36. The van der Waals surface area contributed by atoms with Crippen LogP contribution in [0, 0.1) is 0 Å². The SMILES string of the molecule is O=C(CCCNC(=O)NCc1ccccn1)Nc1ccc(Cl)cc1. The molecule has 0 aliphatic rings. The number of pyridine rings is 1. The smallest absolute Gasteiger partial charge is 0.315 e. The lowest BCUT2D eigenvalue weighted by atomic mass is 10.2. The molecule has 0 radical (unpaired) electrons. The van der Waals surface area contributed by atoms with Crippen molar-refractivity contribution in [3.8, 4) is 0 Å². The number of hydrogen-bond acceptors (Lipinski definition) is 3. The average molecular weight is 347 g/mol. The number of amides is 3. The second-order valence-corrected chi connectivity index (χ2v) is 5.53. The monoisotopic (exact) mass is 346 g/mol. The summed E-state index contributed by atoms with van der Waals surface area (Å²) >= 11 is 5.78. The second-order valence-electron chi connectivity index (χ2n) is 5.09. The quantitative estimate of drug-likeness (QED) is 0.674. The van der Waals surface area contributed by atoms with Gasteiger partial charge in [-0.25, -0.2) is 4.79 Å². The summed E-state index contributed by atoms with van der Waals surface area (Å²) in [5.41, 5.74) is 1.49. The lowest BCUT2D eigenvalue weighted by molar-refractivity contribution is -0.116. The molecule has 1 heterocycles. The molecule has 6 nitrogen and oxygen atoms in total. The van der Waals surface area contributed by atoms with Crippen LogP contribution < -0.4 is 16.0 Å². The minimum Gasteiger partial charge on any atom is -0.338 e. The number of urea groups is 1. The van der Waals surface area contributed by atoms with Gasteiger partial charge in [0.25, 0.3) is 0 Å². The summed E-state index contributed by atoms with van der Waals surface area (Å²) in [6.07, 6.45) is 2.55. The van der Waals surface area contributed by atoms with Gasteiger partial charge in [0.15, 0.2) is 0 Å². The molecule has 0 fully saturated rings. The normalized spacial score (nSPS) is 10.0. The van der Waals surface area contributed by atoms with E-state index in [-0.39, 0.29) is 11.9 Å². The van der Waals surface area contributed by atoms with Crippen molar-refractivity contribution in [2.75, 3.05) is 11.9 Å². The summed E-state index contributed by atoms with van der Waals surface area (Å²) in [6, 6.07) is 12.1. The van der Waals surface area contributed by atoms with Gasteiger partial charge in [0.2, 0.25) is 5.91 Å². The molecule has 0 saturated carbocycles. The zero-order valence-corrected chi connectivity index (χ0v) is 13.8. The number of halogens is 1. The first-order chi connectivity index (χ1) is 11.6. The number of rotatable bonds is 7. The fourth-order valence-corrected chi connectivity index (χ4v) is 2.07. The molecule has 2 rings (SSSR count). The van der Waals surface area contributed by atoms with Crippen molar-refractivity contribution in [2.24, 2.45) is 0 Å². The molecule has 1 aromatic carbocycles. The maximum absolute atomic E-state index is 11.8. The highest BCUT2D eigenvalue weighted by Gasteiger charge is 2.04. The second kappa shape index (κ2) is 9.52. The molecule has 126 valence electrons. The van der Waals surface area contributed by atoms with Crippen molar-refractivity contribution in [1.29, 1.82) is 0 Å². The Hall–Kier alpha value is -2.60. The maximum Gasteiger partial charge on any atom is 0.315 e. The predicted molar refractivity (Wildman–Crippen MR) is 93.8 cm³/mol. The van der Waals surface area contributed by atoms with Gasteiger partial charge < -0.3 is 16.0 Å². The number of nitrogens with one attached hydrogen (secondary N) is 3. The van der Waals surface area contributed by atoms with Gasteiger partial charge in [0, 0.05) is 29.9 Å². The highest BCUT2D eigenvalue weighted by Crippen LogP contribution is 2.13. The van der Waals surface area contributed by atoms with Crippen molar-refractivity contribution in [2.45, 2.75) is 19.4 Å². The summed E-state index contributed by atoms with van der Waals surface area (Å²) in [6.45, 7) is 0.784. The van der Waals surface area contributed by atoms with Gasteiger partial charge in [-0.1, -0.05) is 17.7 Å². The Balaban J connectivity index is 1.57. The van der Waals surface area contributed by atoms with Crippen LogP contribution in [0.15, 0.2) is 48.7 Å². The topological polar surface area (TPSA) is 83.1 Å². The molecule has 0 spiro atoms. The van der Waals surface area contributed by atoms with Gasteiger partial charge in [0.05, 0.1) is 12.2 Å². The first-order valence-corrected chi connectivity index (χ1v) is 7.98. The van der Waals surface area contributed by atoms with E-state index in [1.165, 1.54) is 0 Å². The molecule has 3 N–H and O–H groups in total. The zero-order valence-electron chi connectivity index (χ0n) is 13.1. The zero-order chi connectivity index (χ0) is 17.2. The van der Waals surface area contributed by atoms with E-state index in [0.29, 0.717) is 36.6 Å². The minimum absolute atomic E-state index is 0.104. The van der Waals surface area contributed by atoms with Crippen LogP contribution in [-0.2, 0) is 11.3 Å². The molecule has 0 atom stereocenters. The fraction of sp³-hybridized carbons (Fsp3) is 0.235. The first-order valence-electron chi connectivity index (χ1n) is 7.60. The Bertz CT molecular complexity index is 662. The lowest BCUT2D eigenvalue weighted by Gasteiger charge is -2.08. The summed E-state index contributed by atoms with van der Waals surface area (Å²) in [5.74, 6) is -0.104. The van der Waals surface area contributed by atoms with Crippen LogP contribution in [0.1, 0.15) is 18.5 Å². The van der Waals surface area contributed by atoms with Gasteiger partial charge in [-0.3, -0.25) is 9.78 Å². The van der Waals surface area contributed by atoms with Crippen LogP contribution in [0.3, 0.4) is 0 Å². The van der Waals surface area contributed by atoms with Gasteiger partial charge in [-0.05, 0) is 42.8 Å². The van der Waals surface area contributed by atoms with Crippen LogP contribution in [0.4, 0.5) is 10.5 Å². The van der Waals surface area contributed by atoms with Gasteiger partial charge in [-0.2, -0.15) is 0 Å². The number of anilines is 1. The summed E-state index contributed by atoms with van der Waals surface area (Å²) in [7, 11) is 0. The van der Waals surface area contributed by atoms with E-state index in [4.69, 9.17) is 11.6 Å². The van der Waals surface area contributed by atoms with Crippen LogP contribution in [0.2, 0.25) is 5.02 Å². The number of aromatic nitrogens is 1. The van der Waals surface area contributed by atoms with Crippen molar-refractivity contribution in [3.05, 3.63) is 59.4 Å². The first kappa shape index (κ1) is 17.7. The molecular formula is C17H19ClN4O2. The van der Waals surface area contributed by atoms with E-state index in [1.54, 1.807) is 30.5 Å². The number of benzene rings is 1. The number of hydrogen-bond donors (Lipinski definition) is 3. The van der Waals surface area contributed by atoms with Crippen LogP contribution in [0.5, 0.6) is 0 Å². The Morgan fingerprint density at radius 1 is 1.04 bits per heavy atom. The largest absolute Gasteiger partial charge is 0.338 e. The molecule has 0 unspecified atom stereocenters. The standard InChI is InChI=1S/C17H19ClN4O2/c18-13-6-8-14(9-7-13)22-16(23)5-3-11-20-17(24)21-12-15-4-1-2-10-19-15/h1-2,4,6-10H,3,5,11-12H2,(H,22,23)(H2,20,21,24). The van der Waals surface area contributed by atoms with Crippen LogP contribution in [-0.4, -0.2) is 23.5 Å². The Labute approximate surface area is 145 Å². The van der Waals surface area contributed by atoms with Crippen LogP contribution >= 0.6 is 11.6 Å². The number of carbonyl (C=O) groups is 2. The third-order valence-electron chi connectivity index (χ3n) is 3.15. The van der Waals surface area contributed by atoms with Crippen molar-refractivity contribution in [1.82, 2.24) is 15.6 Å². The minimum atomic E-state index is -0.279. The molecule has 0 bridgehead atoms. The van der Waals surface area contributed by atoms with E-state index in [1.807, 2.05) is 18.2 Å². The highest BCUT2D eigenvalue weighted by atomic mass is 35.5. The van der Waals surface area contributed by atoms with Crippen molar-refractivity contribution in [3.63, 3.8) is 0 Å². The molecule has 0 aliphatic carbocycles. The van der Waals surface area contributed by atoms with Gasteiger partial charge >= 0.3 is 6.03 Å². The third kappa shape index (κ3) is 6.66. The Morgan fingerprint density at radius 3 is 2.54 bits per heavy atom. The highest BCUT2D eigenvalue weighted by molar-refractivity contribution is 6.30. The van der Waals surface area contributed by atoms with E-state index >= 15 is 0 Å². The van der Waals surface area contributed by atoms with Gasteiger partial charge in [0.1, 0.15) is 0 Å². The van der Waals surface area contributed by atoms with Crippen molar-refractivity contribution < 1.29 is 9.59 Å². The molecule has 1 aromatic heterocycles. The fourth-order valence-electron chi connectivity index (χ4n) is 1.94. The molecule has 24 heavy (non-hydrogen) atoms. The van der Waals surface area contributed by atoms with Crippen molar-refractivity contribution >= 4 is 29.2 Å². The predicted octanol–water partition coefficient (Wildman–Crippen LogP) is 2.95.